The van der Waals surface area contributed by atoms with E-state index < -0.39 is 0 Å². The molecule has 4 nitrogen and oxygen atoms in total. The third-order valence-electron chi connectivity index (χ3n) is 2.52. The highest BCUT2D eigenvalue weighted by Crippen LogP contribution is 2.32. The number of benzene rings is 1. The summed E-state index contributed by atoms with van der Waals surface area (Å²) in [4.78, 5) is 0. The monoisotopic (exact) mass is 466 g/mol. The van der Waals surface area contributed by atoms with Crippen LogP contribution in [-0.2, 0) is 6.54 Å². The van der Waals surface area contributed by atoms with Gasteiger partial charge in [0.25, 0.3) is 0 Å². The van der Waals surface area contributed by atoms with E-state index in [2.05, 4.69) is 42.5 Å². The molecule has 0 aliphatic carbocycles. The summed E-state index contributed by atoms with van der Waals surface area (Å²) < 4.78 is 7.34. The van der Waals surface area contributed by atoms with Crippen molar-refractivity contribution in [1.29, 1.82) is 0 Å². The minimum absolute atomic E-state index is 0. The first-order valence-electron chi connectivity index (χ1n) is 6.16. The standard InChI is InChI=1S/C13H20Br2N2O2.2ClH/c1-9(18)7-16-3-4-17-8-10-5-11(14)6-12(15)13(10)19-2;;/h5-6,9,16-18H,3-4,7-8H2,1-2H3;2*1H. The summed E-state index contributed by atoms with van der Waals surface area (Å²) in [6.07, 6.45) is -0.305. The zero-order valence-corrected chi connectivity index (χ0v) is 16.8. The number of nitrogens with one attached hydrogen (secondary N) is 2. The highest BCUT2D eigenvalue weighted by Gasteiger charge is 2.08. The van der Waals surface area contributed by atoms with Crippen molar-refractivity contribution in [2.75, 3.05) is 26.7 Å². The molecule has 1 unspecified atom stereocenters. The summed E-state index contributed by atoms with van der Waals surface area (Å²) in [6.45, 7) is 4.78. The van der Waals surface area contributed by atoms with Crippen molar-refractivity contribution in [2.24, 2.45) is 0 Å². The molecule has 0 radical (unpaired) electrons. The lowest BCUT2D eigenvalue weighted by Crippen LogP contribution is -2.31. The first kappa shape index (κ1) is 23.7. The molecule has 1 atom stereocenters. The number of aliphatic hydroxyl groups is 1. The average molecular weight is 469 g/mol. The lowest BCUT2D eigenvalue weighted by Gasteiger charge is -2.13. The summed E-state index contributed by atoms with van der Waals surface area (Å²) in [5.41, 5.74) is 1.10. The zero-order valence-electron chi connectivity index (χ0n) is 12.0. The second-order valence-corrected chi connectivity index (χ2v) is 6.08. The Labute approximate surface area is 155 Å². The van der Waals surface area contributed by atoms with Gasteiger partial charge in [-0.15, -0.1) is 24.8 Å². The number of halogens is 4. The Morgan fingerprint density at radius 3 is 2.38 bits per heavy atom. The van der Waals surface area contributed by atoms with Gasteiger partial charge in [0.15, 0.2) is 0 Å². The maximum atomic E-state index is 9.11. The molecule has 0 saturated heterocycles. The Morgan fingerprint density at radius 2 is 1.81 bits per heavy atom. The van der Waals surface area contributed by atoms with Crippen LogP contribution in [0.25, 0.3) is 0 Å². The fourth-order valence-electron chi connectivity index (χ4n) is 1.68. The number of hydrogen-bond donors (Lipinski definition) is 3. The van der Waals surface area contributed by atoms with Crippen molar-refractivity contribution in [1.82, 2.24) is 10.6 Å². The molecule has 124 valence electrons. The Morgan fingerprint density at radius 1 is 1.19 bits per heavy atom. The van der Waals surface area contributed by atoms with Crippen LogP contribution < -0.4 is 15.4 Å². The second-order valence-electron chi connectivity index (χ2n) is 4.31. The molecule has 1 rings (SSSR count). The molecule has 1 aromatic rings. The molecular weight excluding hydrogens is 447 g/mol. The smallest absolute Gasteiger partial charge is 0.137 e. The SMILES string of the molecule is COc1c(Br)cc(Br)cc1CNCCNCC(C)O.Cl.Cl. The predicted molar refractivity (Wildman–Crippen MR) is 99.1 cm³/mol. The third kappa shape index (κ3) is 9.23. The molecule has 0 fully saturated rings. The van der Waals surface area contributed by atoms with E-state index in [1.165, 1.54) is 0 Å². The van der Waals surface area contributed by atoms with Gasteiger partial charge < -0.3 is 20.5 Å². The Balaban J connectivity index is 0. The summed E-state index contributed by atoms with van der Waals surface area (Å²) in [7, 11) is 1.67. The largest absolute Gasteiger partial charge is 0.495 e. The number of methoxy groups -OCH3 is 1. The number of hydrogen-bond acceptors (Lipinski definition) is 4. The van der Waals surface area contributed by atoms with Crippen LogP contribution in [0.2, 0.25) is 0 Å². The van der Waals surface area contributed by atoms with E-state index in [9.17, 15) is 0 Å². The first-order valence-corrected chi connectivity index (χ1v) is 7.74. The molecule has 0 spiro atoms. The molecular formula is C13H22Br2Cl2N2O2. The van der Waals surface area contributed by atoms with E-state index in [0.29, 0.717) is 6.54 Å². The molecule has 0 heterocycles. The second kappa shape index (κ2) is 12.9. The highest BCUT2D eigenvalue weighted by molar-refractivity contribution is 9.11. The minimum atomic E-state index is -0.305. The summed E-state index contributed by atoms with van der Waals surface area (Å²) in [6, 6.07) is 4.01. The average Bonchev–Trinajstić information content (AvgIpc) is 2.32. The van der Waals surface area contributed by atoms with E-state index in [4.69, 9.17) is 9.84 Å². The van der Waals surface area contributed by atoms with Gasteiger partial charge in [-0.05, 0) is 35.0 Å². The molecule has 0 aliphatic heterocycles. The molecule has 0 aliphatic rings. The molecule has 0 amide bonds. The van der Waals surface area contributed by atoms with Gasteiger partial charge in [0.2, 0.25) is 0 Å². The van der Waals surface area contributed by atoms with Crippen LogP contribution in [0.4, 0.5) is 0 Å². The van der Waals surface area contributed by atoms with Crippen LogP contribution in [-0.4, -0.2) is 38.0 Å². The van der Waals surface area contributed by atoms with Crippen LogP contribution in [0.1, 0.15) is 12.5 Å². The lowest BCUT2D eigenvalue weighted by molar-refractivity contribution is 0.191. The van der Waals surface area contributed by atoms with Crippen molar-refractivity contribution in [3.05, 3.63) is 26.6 Å². The minimum Gasteiger partial charge on any atom is -0.495 e. The molecule has 0 saturated carbocycles. The van der Waals surface area contributed by atoms with Crippen molar-refractivity contribution in [2.45, 2.75) is 19.6 Å². The van der Waals surface area contributed by atoms with Crippen molar-refractivity contribution < 1.29 is 9.84 Å². The van der Waals surface area contributed by atoms with Crippen LogP contribution >= 0.6 is 56.7 Å². The quantitative estimate of drug-likeness (QED) is 0.513. The Bertz CT molecular complexity index is 410. The summed E-state index contributed by atoms with van der Waals surface area (Å²) in [5.74, 6) is 0.854. The fraction of sp³-hybridized carbons (Fsp3) is 0.538. The van der Waals surface area contributed by atoms with Gasteiger partial charge >= 0.3 is 0 Å². The Hall–Kier alpha value is 0.440. The predicted octanol–water partition coefficient (Wildman–Crippen LogP) is 3.12. The van der Waals surface area contributed by atoms with Gasteiger partial charge in [-0.3, -0.25) is 0 Å². The Kier molecular flexibility index (Phi) is 14.6. The topological polar surface area (TPSA) is 53.5 Å². The van der Waals surface area contributed by atoms with Crippen LogP contribution in [0.3, 0.4) is 0 Å². The molecule has 1 aromatic carbocycles. The zero-order chi connectivity index (χ0) is 14.3. The van der Waals surface area contributed by atoms with Crippen LogP contribution in [0.5, 0.6) is 5.75 Å². The van der Waals surface area contributed by atoms with Gasteiger partial charge in [-0.1, -0.05) is 15.9 Å². The number of rotatable bonds is 8. The summed E-state index contributed by atoms with van der Waals surface area (Å²) >= 11 is 6.96. The molecule has 21 heavy (non-hydrogen) atoms. The lowest BCUT2D eigenvalue weighted by atomic mass is 10.2. The maximum Gasteiger partial charge on any atom is 0.137 e. The van der Waals surface area contributed by atoms with Gasteiger partial charge in [-0.2, -0.15) is 0 Å². The van der Waals surface area contributed by atoms with E-state index in [0.717, 1.165) is 39.9 Å². The van der Waals surface area contributed by atoms with Crippen LogP contribution in [0, 0.1) is 0 Å². The first-order chi connectivity index (χ1) is 9.04. The molecule has 0 bridgehead atoms. The van der Waals surface area contributed by atoms with E-state index in [1.807, 2.05) is 12.1 Å². The van der Waals surface area contributed by atoms with Crippen molar-refractivity contribution in [3.8, 4) is 5.75 Å². The van der Waals surface area contributed by atoms with Crippen molar-refractivity contribution in [3.63, 3.8) is 0 Å². The van der Waals surface area contributed by atoms with E-state index >= 15 is 0 Å². The van der Waals surface area contributed by atoms with Gasteiger partial charge in [0, 0.05) is 36.2 Å². The van der Waals surface area contributed by atoms with Gasteiger partial charge in [0.05, 0.1) is 17.7 Å². The van der Waals surface area contributed by atoms with Gasteiger partial charge in [-0.25, -0.2) is 0 Å². The maximum absolute atomic E-state index is 9.11. The van der Waals surface area contributed by atoms with Crippen LogP contribution in [0.15, 0.2) is 21.1 Å². The molecule has 8 heteroatoms. The number of ether oxygens (including phenoxy) is 1. The summed E-state index contributed by atoms with van der Waals surface area (Å²) in [5, 5.41) is 15.6. The fourth-order valence-corrected chi connectivity index (χ4v) is 3.16. The van der Waals surface area contributed by atoms with Gasteiger partial charge in [0.1, 0.15) is 5.75 Å². The third-order valence-corrected chi connectivity index (χ3v) is 3.57. The van der Waals surface area contributed by atoms with E-state index in [1.54, 1.807) is 14.0 Å². The highest BCUT2D eigenvalue weighted by atomic mass is 79.9. The number of aliphatic hydroxyl groups excluding tert-OH is 1. The molecule has 0 aromatic heterocycles. The van der Waals surface area contributed by atoms with Crippen molar-refractivity contribution >= 4 is 56.7 Å². The molecule has 3 N–H and O–H groups in total. The normalized spacial score (nSPS) is 11.3. The van der Waals surface area contributed by atoms with E-state index in [-0.39, 0.29) is 30.9 Å².